The third kappa shape index (κ3) is 4.94. The van der Waals surface area contributed by atoms with Crippen LogP contribution in [0.2, 0.25) is 0 Å². The minimum atomic E-state index is -0.989. The zero-order valence-electron chi connectivity index (χ0n) is 10.3. The zero-order valence-corrected chi connectivity index (χ0v) is 10.3. The molecule has 1 aromatic rings. The van der Waals surface area contributed by atoms with Gasteiger partial charge in [-0.2, -0.15) is 5.10 Å². The normalized spacial score (nSPS) is 12.1. The molecule has 3 N–H and O–H groups in total. The predicted molar refractivity (Wildman–Crippen MR) is 63.8 cm³/mol. The van der Waals surface area contributed by atoms with Gasteiger partial charge in [0.25, 0.3) is 0 Å². The van der Waals surface area contributed by atoms with Crippen LogP contribution < -0.4 is 5.32 Å². The van der Waals surface area contributed by atoms with Crippen LogP contribution in [0.3, 0.4) is 0 Å². The number of nitrogens with one attached hydrogen (secondary N) is 2. The maximum absolute atomic E-state index is 11.6. The number of nitrogens with zero attached hydrogens (tertiary/aromatic N) is 2. The summed E-state index contributed by atoms with van der Waals surface area (Å²) in [6, 6.07) is -0.799. The van der Waals surface area contributed by atoms with E-state index in [9.17, 15) is 9.59 Å². The van der Waals surface area contributed by atoms with Gasteiger partial charge in [-0.3, -0.25) is 9.89 Å². The second-order valence-electron chi connectivity index (χ2n) is 4.03. The summed E-state index contributed by atoms with van der Waals surface area (Å²) >= 11 is 0. The first-order valence-electron chi connectivity index (χ1n) is 6.00. The molecule has 1 rings (SSSR count). The predicted octanol–water partition coefficient (Wildman–Crippen LogP) is 0.497. The maximum atomic E-state index is 11.6. The molecule has 18 heavy (non-hydrogen) atoms. The second kappa shape index (κ2) is 7.41. The number of unbranched alkanes of at least 4 members (excludes halogenated alkanes) is 1. The van der Waals surface area contributed by atoms with Crippen LogP contribution in [0.1, 0.15) is 38.4 Å². The van der Waals surface area contributed by atoms with Crippen LogP contribution in [0.5, 0.6) is 0 Å². The monoisotopic (exact) mass is 254 g/mol. The molecule has 7 heteroatoms. The fourth-order valence-electron chi connectivity index (χ4n) is 1.52. The number of aromatic nitrogens is 3. The van der Waals surface area contributed by atoms with Crippen molar-refractivity contribution in [2.45, 2.75) is 45.1 Å². The van der Waals surface area contributed by atoms with Crippen LogP contribution in [0.25, 0.3) is 0 Å². The third-order valence-corrected chi connectivity index (χ3v) is 2.53. The van der Waals surface area contributed by atoms with Crippen LogP contribution in [-0.4, -0.2) is 38.2 Å². The summed E-state index contributed by atoms with van der Waals surface area (Å²) < 4.78 is 0. The van der Waals surface area contributed by atoms with E-state index in [0.717, 1.165) is 12.8 Å². The van der Waals surface area contributed by atoms with Crippen molar-refractivity contribution in [3.05, 3.63) is 12.2 Å². The molecule has 100 valence electrons. The van der Waals surface area contributed by atoms with E-state index in [1.54, 1.807) is 0 Å². The highest BCUT2D eigenvalue weighted by Gasteiger charge is 2.18. The van der Waals surface area contributed by atoms with Gasteiger partial charge in [-0.15, -0.1) is 0 Å². The van der Waals surface area contributed by atoms with E-state index in [-0.39, 0.29) is 12.3 Å². The molecule has 0 unspecified atom stereocenters. The minimum absolute atomic E-state index is 0.200. The Morgan fingerprint density at radius 3 is 2.89 bits per heavy atom. The van der Waals surface area contributed by atoms with E-state index in [1.807, 2.05) is 6.92 Å². The zero-order chi connectivity index (χ0) is 13.4. The molecule has 1 atom stereocenters. The highest BCUT2D eigenvalue weighted by molar-refractivity contribution is 5.83. The van der Waals surface area contributed by atoms with Crippen molar-refractivity contribution in [1.29, 1.82) is 0 Å². The number of rotatable bonds is 8. The van der Waals surface area contributed by atoms with Crippen molar-refractivity contribution >= 4 is 11.9 Å². The van der Waals surface area contributed by atoms with Gasteiger partial charge in [0.05, 0.1) is 0 Å². The molecule has 0 saturated heterocycles. The van der Waals surface area contributed by atoms with Gasteiger partial charge in [-0.25, -0.2) is 9.78 Å². The molecule has 1 aromatic heterocycles. The Kier molecular flexibility index (Phi) is 5.83. The lowest BCUT2D eigenvalue weighted by molar-refractivity contribution is -0.142. The number of aryl methyl sites for hydroxylation is 1. The van der Waals surface area contributed by atoms with Gasteiger partial charge in [0.2, 0.25) is 5.91 Å². The number of aliphatic carboxylic acids is 1. The van der Waals surface area contributed by atoms with Crippen molar-refractivity contribution < 1.29 is 14.7 Å². The van der Waals surface area contributed by atoms with Gasteiger partial charge >= 0.3 is 5.97 Å². The van der Waals surface area contributed by atoms with Crippen molar-refractivity contribution in [2.24, 2.45) is 0 Å². The van der Waals surface area contributed by atoms with Gasteiger partial charge in [0, 0.05) is 12.8 Å². The summed E-state index contributed by atoms with van der Waals surface area (Å²) in [6.45, 7) is 1.98. The molecule has 1 amide bonds. The highest BCUT2D eigenvalue weighted by Crippen LogP contribution is 2.02. The Morgan fingerprint density at radius 1 is 1.56 bits per heavy atom. The van der Waals surface area contributed by atoms with E-state index in [2.05, 4.69) is 20.5 Å². The first kappa shape index (κ1) is 14.1. The average molecular weight is 254 g/mol. The van der Waals surface area contributed by atoms with Crippen LogP contribution in [0.15, 0.2) is 6.33 Å². The van der Waals surface area contributed by atoms with Gasteiger partial charge in [-0.1, -0.05) is 19.8 Å². The number of carboxylic acids is 1. The van der Waals surface area contributed by atoms with Crippen molar-refractivity contribution in [3.63, 3.8) is 0 Å². The van der Waals surface area contributed by atoms with Crippen LogP contribution in [0.4, 0.5) is 0 Å². The Labute approximate surface area is 105 Å². The fourth-order valence-corrected chi connectivity index (χ4v) is 1.52. The molecule has 0 fully saturated rings. The molecule has 7 nitrogen and oxygen atoms in total. The molecule has 0 aromatic carbocycles. The number of H-pyrrole nitrogens is 1. The number of amides is 1. The summed E-state index contributed by atoms with van der Waals surface area (Å²) in [6.07, 6.45) is 4.13. The maximum Gasteiger partial charge on any atom is 0.326 e. The van der Waals surface area contributed by atoms with Crippen LogP contribution >= 0.6 is 0 Å². The Hall–Kier alpha value is -1.92. The smallest absolute Gasteiger partial charge is 0.326 e. The van der Waals surface area contributed by atoms with Crippen LogP contribution in [-0.2, 0) is 16.0 Å². The minimum Gasteiger partial charge on any atom is -0.480 e. The Balaban J connectivity index is 2.34. The van der Waals surface area contributed by atoms with Gasteiger partial charge in [0.15, 0.2) is 0 Å². The van der Waals surface area contributed by atoms with Crippen molar-refractivity contribution in [2.75, 3.05) is 0 Å². The van der Waals surface area contributed by atoms with E-state index >= 15 is 0 Å². The second-order valence-corrected chi connectivity index (χ2v) is 4.03. The lowest BCUT2D eigenvalue weighted by Gasteiger charge is -2.13. The largest absolute Gasteiger partial charge is 0.480 e. The number of aromatic amines is 1. The lowest BCUT2D eigenvalue weighted by atomic mass is 10.1. The molecular weight excluding hydrogens is 236 g/mol. The molecule has 1 heterocycles. The average Bonchev–Trinajstić information content (AvgIpc) is 2.84. The number of hydrogen-bond donors (Lipinski definition) is 3. The molecule has 0 radical (unpaired) electrons. The Morgan fingerprint density at radius 2 is 2.33 bits per heavy atom. The highest BCUT2D eigenvalue weighted by atomic mass is 16.4. The van der Waals surface area contributed by atoms with E-state index in [4.69, 9.17) is 5.11 Å². The summed E-state index contributed by atoms with van der Waals surface area (Å²) in [7, 11) is 0. The van der Waals surface area contributed by atoms with Crippen molar-refractivity contribution in [1.82, 2.24) is 20.5 Å². The van der Waals surface area contributed by atoms with Gasteiger partial charge in [-0.05, 0) is 6.42 Å². The summed E-state index contributed by atoms with van der Waals surface area (Å²) in [4.78, 5) is 26.4. The summed E-state index contributed by atoms with van der Waals surface area (Å²) in [5, 5.41) is 17.8. The molecule has 0 aliphatic rings. The first-order valence-corrected chi connectivity index (χ1v) is 6.00. The molecule has 0 spiro atoms. The molecule has 0 saturated carbocycles. The number of hydrogen-bond acceptors (Lipinski definition) is 4. The van der Waals surface area contributed by atoms with Crippen molar-refractivity contribution in [3.8, 4) is 0 Å². The van der Waals surface area contributed by atoms with Gasteiger partial charge in [0.1, 0.15) is 18.2 Å². The summed E-state index contributed by atoms with van der Waals surface area (Å²) in [5.41, 5.74) is 0. The molecule has 0 aliphatic carbocycles. The molecular formula is C11H18N4O3. The first-order chi connectivity index (χ1) is 8.63. The van der Waals surface area contributed by atoms with E-state index < -0.39 is 12.0 Å². The lowest BCUT2D eigenvalue weighted by Crippen LogP contribution is -2.40. The van der Waals surface area contributed by atoms with Crippen LogP contribution in [0, 0.1) is 0 Å². The number of carboxylic acid groups (broad SMARTS) is 1. The summed E-state index contributed by atoms with van der Waals surface area (Å²) in [5.74, 6) is -0.656. The Bertz CT molecular complexity index is 378. The van der Waals surface area contributed by atoms with E-state index in [1.165, 1.54) is 6.33 Å². The number of carbonyl (C=O) groups excluding carboxylic acids is 1. The quantitative estimate of drug-likeness (QED) is 0.626. The topological polar surface area (TPSA) is 108 Å². The van der Waals surface area contributed by atoms with E-state index in [0.29, 0.717) is 18.7 Å². The third-order valence-electron chi connectivity index (χ3n) is 2.53. The SMILES string of the molecule is CCCC[C@H](NC(=O)CCc1ncn[nH]1)C(=O)O. The standard InChI is InChI=1S/C11H18N4O3/c1-2-3-4-8(11(17)18)14-10(16)6-5-9-12-7-13-15-9/h7-8H,2-6H2,1H3,(H,14,16)(H,17,18)(H,12,13,15)/t8-/m0/s1. The molecule has 0 aliphatic heterocycles. The number of carbonyl (C=O) groups is 2. The fraction of sp³-hybridized carbons (Fsp3) is 0.636. The van der Waals surface area contributed by atoms with Gasteiger partial charge < -0.3 is 10.4 Å². The molecule has 0 bridgehead atoms.